The SMILES string of the molecule is CC(C)C(C)S(=O)(=O)Cc1ccc(CN)cc1. The van der Waals surface area contributed by atoms with E-state index in [1.54, 1.807) is 6.92 Å². The van der Waals surface area contributed by atoms with Gasteiger partial charge in [-0.05, 0) is 24.0 Å². The highest BCUT2D eigenvalue weighted by Crippen LogP contribution is 2.17. The Balaban J connectivity index is 2.83. The molecule has 1 unspecified atom stereocenters. The number of hydrogen-bond donors (Lipinski definition) is 1. The molecular formula is C13H21NO2S. The molecular weight excluding hydrogens is 234 g/mol. The molecule has 0 aliphatic heterocycles. The second kappa shape index (κ2) is 5.65. The van der Waals surface area contributed by atoms with Crippen LogP contribution in [0.1, 0.15) is 31.9 Å². The van der Waals surface area contributed by atoms with Gasteiger partial charge in [-0.25, -0.2) is 8.42 Å². The van der Waals surface area contributed by atoms with E-state index in [0.717, 1.165) is 11.1 Å². The summed E-state index contributed by atoms with van der Waals surface area (Å²) in [5.41, 5.74) is 7.34. The lowest BCUT2D eigenvalue weighted by Gasteiger charge is -2.16. The van der Waals surface area contributed by atoms with E-state index in [9.17, 15) is 8.42 Å². The zero-order valence-electron chi connectivity index (χ0n) is 10.7. The Morgan fingerprint density at radius 2 is 1.53 bits per heavy atom. The van der Waals surface area contributed by atoms with Crippen LogP contribution in [0.25, 0.3) is 0 Å². The van der Waals surface area contributed by atoms with E-state index in [0.29, 0.717) is 6.54 Å². The first-order valence-corrected chi connectivity index (χ1v) is 7.58. The van der Waals surface area contributed by atoms with Gasteiger partial charge in [-0.3, -0.25) is 0 Å². The van der Waals surface area contributed by atoms with Crippen molar-refractivity contribution in [1.82, 2.24) is 0 Å². The minimum absolute atomic E-state index is 0.108. The predicted octanol–water partition coefficient (Wildman–Crippen LogP) is 2.10. The van der Waals surface area contributed by atoms with Gasteiger partial charge in [0.2, 0.25) is 0 Å². The minimum Gasteiger partial charge on any atom is -0.326 e. The van der Waals surface area contributed by atoms with Gasteiger partial charge < -0.3 is 5.73 Å². The number of nitrogens with two attached hydrogens (primary N) is 1. The second-order valence-corrected chi connectivity index (χ2v) is 7.13. The quantitative estimate of drug-likeness (QED) is 0.876. The fourth-order valence-electron chi connectivity index (χ4n) is 1.55. The Hall–Kier alpha value is -0.870. The maximum absolute atomic E-state index is 12.1. The summed E-state index contributed by atoms with van der Waals surface area (Å²) in [5.74, 6) is 0.250. The van der Waals surface area contributed by atoms with Gasteiger partial charge in [0.15, 0.2) is 9.84 Å². The molecule has 1 aromatic carbocycles. The summed E-state index contributed by atoms with van der Waals surface area (Å²) >= 11 is 0. The summed E-state index contributed by atoms with van der Waals surface area (Å²) in [6.45, 7) is 6.11. The molecule has 0 spiro atoms. The average molecular weight is 255 g/mol. The first-order valence-electron chi connectivity index (χ1n) is 5.86. The van der Waals surface area contributed by atoms with Crippen LogP contribution in [0.4, 0.5) is 0 Å². The summed E-state index contributed by atoms with van der Waals surface area (Å²) in [5, 5.41) is -0.309. The Morgan fingerprint density at radius 1 is 1.06 bits per heavy atom. The van der Waals surface area contributed by atoms with Crippen molar-refractivity contribution < 1.29 is 8.42 Å². The molecule has 0 heterocycles. The Bertz CT molecular complexity index is 449. The molecule has 96 valence electrons. The largest absolute Gasteiger partial charge is 0.326 e. The van der Waals surface area contributed by atoms with Crippen molar-refractivity contribution in [2.45, 2.75) is 38.3 Å². The Labute approximate surface area is 104 Å². The molecule has 3 nitrogen and oxygen atoms in total. The molecule has 2 N–H and O–H groups in total. The molecule has 4 heteroatoms. The fourth-order valence-corrected chi connectivity index (χ4v) is 3.30. The third-order valence-electron chi connectivity index (χ3n) is 3.13. The molecule has 1 aromatic rings. The van der Waals surface area contributed by atoms with Gasteiger partial charge in [0.1, 0.15) is 0 Å². The molecule has 1 rings (SSSR count). The van der Waals surface area contributed by atoms with Crippen LogP contribution in [0.5, 0.6) is 0 Å². The molecule has 0 saturated heterocycles. The Morgan fingerprint density at radius 3 is 1.94 bits per heavy atom. The van der Waals surface area contributed by atoms with E-state index in [2.05, 4.69) is 0 Å². The highest BCUT2D eigenvalue weighted by Gasteiger charge is 2.23. The van der Waals surface area contributed by atoms with Crippen molar-refractivity contribution in [3.8, 4) is 0 Å². The fraction of sp³-hybridized carbons (Fsp3) is 0.538. The highest BCUT2D eigenvalue weighted by molar-refractivity contribution is 7.91. The van der Waals surface area contributed by atoms with Crippen LogP contribution in [0.3, 0.4) is 0 Å². The van der Waals surface area contributed by atoms with Crippen LogP contribution >= 0.6 is 0 Å². The van der Waals surface area contributed by atoms with E-state index in [4.69, 9.17) is 5.73 Å². The molecule has 0 bridgehead atoms. The van der Waals surface area contributed by atoms with Gasteiger partial charge in [-0.2, -0.15) is 0 Å². The van der Waals surface area contributed by atoms with Crippen LogP contribution in [0.2, 0.25) is 0 Å². The predicted molar refractivity (Wildman–Crippen MR) is 71.3 cm³/mol. The van der Waals surface area contributed by atoms with Crippen molar-refractivity contribution in [2.75, 3.05) is 0 Å². The van der Waals surface area contributed by atoms with Crippen molar-refractivity contribution >= 4 is 9.84 Å². The van der Waals surface area contributed by atoms with Gasteiger partial charge in [0, 0.05) is 6.54 Å². The highest BCUT2D eigenvalue weighted by atomic mass is 32.2. The smallest absolute Gasteiger partial charge is 0.157 e. The summed E-state index contributed by atoms with van der Waals surface area (Å²) in [4.78, 5) is 0. The second-order valence-electron chi connectivity index (χ2n) is 4.78. The van der Waals surface area contributed by atoms with E-state index in [-0.39, 0.29) is 16.9 Å². The third-order valence-corrected chi connectivity index (χ3v) is 5.54. The maximum Gasteiger partial charge on any atom is 0.157 e. The molecule has 0 saturated carbocycles. The zero-order valence-corrected chi connectivity index (χ0v) is 11.5. The van der Waals surface area contributed by atoms with Crippen LogP contribution in [0, 0.1) is 5.92 Å². The molecule has 0 fully saturated rings. The number of hydrogen-bond acceptors (Lipinski definition) is 3. The lowest BCUT2D eigenvalue weighted by Crippen LogP contribution is -2.24. The summed E-state index contributed by atoms with van der Waals surface area (Å²) < 4.78 is 24.1. The normalized spacial score (nSPS) is 13.9. The van der Waals surface area contributed by atoms with Crippen LogP contribution < -0.4 is 5.73 Å². The molecule has 1 atom stereocenters. The van der Waals surface area contributed by atoms with E-state index < -0.39 is 9.84 Å². The molecule has 0 radical (unpaired) electrons. The van der Waals surface area contributed by atoms with E-state index >= 15 is 0 Å². The van der Waals surface area contributed by atoms with E-state index in [1.807, 2.05) is 38.1 Å². The number of rotatable bonds is 5. The lowest BCUT2D eigenvalue weighted by atomic mass is 10.1. The molecule has 17 heavy (non-hydrogen) atoms. The van der Waals surface area contributed by atoms with Crippen LogP contribution in [-0.4, -0.2) is 13.7 Å². The number of benzene rings is 1. The van der Waals surface area contributed by atoms with Crippen molar-refractivity contribution in [1.29, 1.82) is 0 Å². The van der Waals surface area contributed by atoms with Gasteiger partial charge in [-0.1, -0.05) is 38.1 Å². The average Bonchev–Trinajstić information content (AvgIpc) is 2.28. The van der Waals surface area contributed by atoms with Crippen LogP contribution in [-0.2, 0) is 22.1 Å². The summed E-state index contributed by atoms with van der Waals surface area (Å²) in [6.07, 6.45) is 0. The first-order chi connectivity index (χ1) is 7.86. The van der Waals surface area contributed by atoms with Gasteiger partial charge in [0.05, 0.1) is 11.0 Å². The number of sulfone groups is 1. The molecule has 0 aliphatic rings. The maximum atomic E-state index is 12.1. The molecule has 0 aromatic heterocycles. The minimum atomic E-state index is -3.06. The van der Waals surface area contributed by atoms with Crippen LogP contribution in [0.15, 0.2) is 24.3 Å². The van der Waals surface area contributed by atoms with Gasteiger partial charge >= 0.3 is 0 Å². The standard InChI is InChI=1S/C13H21NO2S/c1-10(2)11(3)17(15,16)9-13-6-4-12(8-14)5-7-13/h4-7,10-11H,8-9,14H2,1-3H3. The third kappa shape index (κ3) is 3.82. The summed E-state index contributed by atoms with van der Waals surface area (Å²) in [7, 11) is -3.06. The molecule has 0 amide bonds. The molecule has 0 aliphatic carbocycles. The Kier molecular flexibility index (Phi) is 4.71. The lowest BCUT2D eigenvalue weighted by molar-refractivity contribution is 0.545. The van der Waals surface area contributed by atoms with E-state index in [1.165, 1.54) is 0 Å². The van der Waals surface area contributed by atoms with Gasteiger partial charge in [-0.15, -0.1) is 0 Å². The van der Waals surface area contributed by atoms with Crippen molar-refractivity contribution in [3.05, 3.63) is 35.4 Å². The zero-order chi connectivity index (χ0) is 13.1. The first kappa shape index (κ1) is 14.2. The monoisotopic (exact) mass is 255 g/mol. The van der Waals surface area contributed by atoms with Gasteiger partial charge in [0.25, 0.3) is 0 Å². The topological polar surface area (TPSA) is 60.2 Å². The van der Waals surface area contributed by atoms with Crippen molar-refractivity contribution in [2.24, 2.45) is 11.7 Å². The summed E-state index contributed by atoms with van der Waals surface area (Å²) in [6, 6.07) is 7.44. The van der Waals surface area contributed by atoms with Crippen molar-refractivity contribution in [3.63, 3.8) is 0 Å².